The molecule has 3 heteroatoms. The van der Waals surface area contributed by atoms with Gasteiger partial charge in [0.15, 0.2) is 0 Å². The highest BCUT2D eigenvalue weighted by Crippen LogP contribution is 2.12. The van der Waals surface area contributed by atoms with Crippen molar-refractivity contribution in [2.45, 2.75) is 38.8 Å². The van der Waals surface area contributed by atoms with Crippen LogP contribution < -0.4 is 5.32 Å². The molecule has 0 radical (unpaired) electrons. The van der Waals surface area contributed by atoms with Crippen LogP contribution in [-0.4, -0.2) is 25.8 Å². The number of benzene rings is 1. The number of hydrogen-bond acceptors (Lipinski definition) is 2. The Morgan fingerprint density at radius 3 is 2.41 bits per heavy atom. The molecule has 0 fully saturated rings. The molecule has 0 heterocycles. The molecule has 2 nitrogen and oxygen atoms in total. The van der Waals surface area contributed by atoms with E-state index in [-0.39, 0.29) is 0 Å². The van der Waals surface area contributed by atoms with Crippen LogP contribution in [0.4, 0.5) is 0 Å². The summed E-state index contributed by atoms with van der Waals surface area (Å²) in [6.45, 7) is 4.96. The first-order chi connectivity index (χ1) is 8.11. The van der Waals surface area contributed by atoms with E-state index in [9.17, 15) is 0 Å². The van der Waals surface area contributed by atoms with Crippen LogP contribution in [0.1, 0.15) is 25.8 Å². The van der Waals surface area contributed by atoms with Crippen LogP contribution in [-0.2, 0) is 11.2 Å². The average molecular weight is 300 g/mol. The number of halogens is 1. The van der Waals surface area contributed by atoms with Crippen LogP contribution in [0, 0.1) is 0 Å². The Balaban J connectivity index is 2.38. The van der Waals surface area contributed by atoms with Crippen molar-refractivity contribution in [3.8, 4) is 0 Å². The van der Waals surface area contributed by atoms with E-state index in [4.69, 9.17) is 4.74 Å². The van der Waals surface area contributed by atoms with E-state index in [1.165, 1.54) is 5.56 Å². The molecule has 0 saturated heterocycles. The number of nitrogens with one attached hydrogen (secondary N) is 1. The van der Waals surface area contributed by atoms with Gasteiger partial charge in [-0.3, -0.25) is 0 Å². The molecule has 0 aliphatic rings. The molecule has 1 unspecified atom stereocenters. The van der Waals surface area contributed by atoms with Crippen LogP contribution in [0.5, 0.6) is 0 Å². The third-order valence-corrected chi connectivity index (χ3v) is 3.25. The molecule has 17 heavy (non-hydrogen) atoms. The summed E-state index contributed by atoms with van der Waals surface area (Å²) in [6, 6.07) is 8.99. The summed E-state index contributed by atoms with van der Waals surface area (Å²) in [6.07, 6.45) is 2.41. The monoisotopic (exact) mass is 299 g/mol. The predicted molar refractivity (Wildman–Crippen MR) is 76.4 cm³/mol. The lowest BCUT2D eigenvalue weighted by Gasteiger charge is -2.17. The Morgan fingerprint density at radius 1 is 1.24 bits per heavy atom. The molecule has 0 aliphatic heterocycles. The minimum atomic E-state index is 0.320. The molecule has 0 saturated carbocycles. The van der Waals surface area contributed by atoms with Gasteiger partial charge in [-0.05, 0) is 51.4 Å². The maximum absolute atomic E-state index is 5.58. The molecule has 0 bridgehead atoms. The lowest BCUT2D eigenvalue weighted by molar-refractivity contribution is 0.0720. The first kappa shape index (κ1) is 14.7. The maximum Gasteiger partial charge on any atom is 0.0518 e. The second-order valence-electron chi connectivity index (χ2n) is 4.52. The second kappa shape index (κ2) is 7.85. The van der Waals surface area contributed by atoms with E-state index in [1.54, 1.807) is 0 Å². The van der Waals surface area contributed by atoms with E-state index in [0.29, 0.717) is 12.1 Å². The quantitative estimate of drug-likeness (QED) is 0.833. The van der Waals surface area contributed by atoms with Crippen molar-refractivity contribution in [2.24, 2.45) is 0 Å². The molecule has 96 valence electrons. The van der Waals surface area contributed by atoms with Crippen LogP contribution in [0.2, 0.25) is 0 Å². The Labute approximate surface area is 113 Å². The molecule has 1 aromatic rings. The molecule has 0 spiro atoms. The van der Waals surface area contributed by atoms with Gasteiger partial charge in [0, 0.05) is 17.1 Å². The van der Waals surface area contributed by atoms with Gasteiger partial charge in [0.2, 0.25) is 0 Å². The fourth-order valence-corrected chi connectivity index (χ4v) is 1.96. The third kappa shape index (κ3) is 6.20. The topological polar surface area (TPSA) is 21.3 Å². The molecular formula is C14H22BrNO. The van der Waals surface area contributed by atoms with Gasteiger partial charge >= 0.3 is 0 Å². The maximum atomic E-state index is 5.58. The van der Waals surface area contributed by atoms with Crippen LogP contribution in [0.25, 0.3) is 0 Å². The standard InChI is InChI=1S/C14H22BrNO/c1-11(2)17-9-8-14(16-3)10-12-4-6-13(15)7-5-12/h4-7,11,14,16H,8-10H2,1-3H3. The number of rotatable bonds is 7. The van der Waals surface area contributed by atoms with Crippen molar-refractivity contribution < 1.29 is 4.74 Å². The van der Waals surface area contributed by atoms with E-state index in [1.807, 2.05) is 7.05 Å². The largest absolute Gasteiger partial charge is 0.379 e. The van der Waals surface area contributed by atoms with Crippen molar-refractivity contribution in [2.75, 3.05) is 13.7 Å². The number of likely N-dealkylation sites (N-methyl/N-ethyl adjacent to an activating group) is 1. The van der Waals surface area contributed by atoms with Crippen LogP contribution in [0.15, 0.2) is 28.7 Å². The summed E-state index contributed by atoms with van der Waals surface area (Å²) in [5.74, 6) is 0. The first-order valence-electron chi connectivity index (χ1n) is 6.15. The van der Waals surface area contributed by atoms with Crippen molar-refractivity contribution in [1.29, 1.82) is 0 Å². The van der Waals surface area contributed by atoms with Gasteiger partial charge < -0.3 is 10.1 Å². The van der Waals surface area contributed by atoms with Crippen molar-refractivity contribution in [3.63, 3.8) is 0 Å². The highest BCUT2D eigenvalue weighted by atomic mass is 79.9. The zero-order valence-corrected chi connectivity index (χ0v) is 12.5. The van der Waals surface area contributed by atoms with Gasteiger partial charge in [0.1, 0.15) is 0 Å². The summed E-state index contributed by atoms with van der Waals surface area (Å²) in [5, 5.41) is 3.35. The minimum absolute atomic E-state index is 0.320. The van der Waals surface area contributed by atoms with E-state index in [0.717, 1.165) is 23.9 Å². The average Bonchev–Trinajstić information content (AvgIpc) is 2.30. The van der Waals surface area contributed by atoms with Gasteiger partial charge in [0.25, 0.3) is 0 Å². The zero-order chi connectivity index (χ0) is 12.7. The second-order valence-corrected chi connectivity index (χ2v) is 5.44. The lowest BCUT2D eigenvalue weighted by Crippen LogP contribution is -2.29. The Kier molecular flexibility index (Phi) is 6.78. The number of ether oxygens (including phenoxy) is 1. The van der Waals surface area contributed by atoms with Crippen molar-refractivity contribution >= 4 is 15.9 Å². The molecule has 1 atom stereocenters. The molecule has 1 N–H and O–H groups in total. The van der Waals surface area contributed by atoms with Gasteiger partial charge in [0.05, 0.1) is 6.10 Å². The third-order valence-electron chi connectivity index (χ3n) is 2.72. The Hall–Kier alpha value is -0.380. The predicted octanol–water partition coefficient (Wildman–Crippen LogP) is 3.39. The molecule has 1 aromatic carbocycles. The summed E-state index contributed by atoms with van der Waals surface area (Å²) in [5.41, 5.74) is 1.36. The van der Waals surface area contributed by atoms with Gasteiger partial charge in [-0.2, -0.15) is 0 Å². The van der Waals surface area contributed by atoms with Crippen molar-refractivity contribution in [3.05, 3.63) is 34.3 Å². The van der Waals surface area contributed by atoms with Crippen molar-refractivity contribution in [1.82, 2.24) is 5.32 Å². The van der Waals surface area contributed by atoms with Gasteiger partial charge in [-0.25, -0.2) is 0 Å². The molecule has 1 rings (SSSR count). The molecule has 0 aromatic heterocycles. The summed E-state index contributed by atoms with van der Waals surface area (Å²) in [4.78, 5) is 0. The number of hydrogen-bond donors (Lipinski definition) is 1. The summed E-state index contributed by atoms with van der Waals surface area (Å²) >= 11 is 3.45. The normalized spacial score (nSPS) is 13.0. The highest BCUT2D eigenvalue weighted by Gasteiger charge is 2.07. The molecule has 0 amide bonds. The van der Waals surface area contributed by atoms with E-state index in [2.05, 4.69) is 59.4 Å². The molecule has 0 aliphatic carbocycles. The van der Waals surface area contributed by atoms with Crippen LogP contribution >= 0.6 is 15.9 Å². The van der Waals surface area contributed by atoms with E-state index < -0.39 is 0 Å². The van der Waals surface area contributed by atoms with Gasteiger partial charge in [-0.15, -0.1) is 0 Å². The lowest BCUT2D eigenvalue weighted by atomic mass is 10.0. The Bertz CT molecular complexity index is 311. The summed E-state index contributed by atoms with van der Waals surface area (Å²) < 4.78 is 6.71. The SMILES string of the molecule is CNC(CCOC(C)C)Cc1ccc(Br)cc1. The minimum Gasteiger partial charge on any atom is -0.379 e. The van der Waals surface area contributed by atoms with Gasteiger partial charge in [-0.1, -0.05) is 28.1 Å². The van der Waals surface area contributed by atoms with E-state index >= 15 is 0 Å². The smallest absolute Gasteiger partial charge is 0.0518 e. The Morgan fingerprint density at radius 2 is 1.88 bits per heavy atom. The fraction of sp³-hybridized carbons (Fsp3) is 0.571. The van der Waals surface area contributed by atoms with Crippen LogP contribution in [0.3, 0.4) is 0 Å². The highest BCUT2D eigenvalue weighted by molar-refractivity contribution is 9.10. The zero-order valence-electron chi connectivity index (χ0n) is 10.9. The molecular weight excluding hydrogens is 278 g/mol. The fourth-order valence-electron chi connectivity index (χ4n) is 1.70. The summed E-state index contributed by atoms with van der Waals surface area (Å²) in [7, 11) is 2.01. The first-order valence-corrected chi connectivity index (χ1v) is 6.94.